The zero-order valence-corrected chi connectivity index (χ0v) is 25.1. The minimum Gasteiger partial charge on any atom is -0.495 e. The maximum Gasteiger partial charge on any atom is 0.264 e. The van der Waals surface area contributed by atoms with Gasteiger partial charge in [-0.25, -0.2) is 8.42 Å². The zero-order valence-electron chi connectivity index (χ0n) is 22.8. The number of ether oxygens (including phenoxy) is 1. The van der Waals surface area contributed by atoms with E-state index in [2.05, 4.69) is 5.32 Å². The minimum atomic E-state index is -4.21. The highest BCUT2D eigenvalue weighted by Crippen LogP contribution is 2.32. The number of hydrogen-bond donors (Lipinski definition) is 1. The predicted molar refractivity (Wildman–Crippen MR) is 158 cm³/mol. The number of rotatable bonds is 12. The second-order valence-electron chi connectivity index (χ2n) is 9.25. The molecule has 0 saturated heterocycles. The second kappa shape index (κ2) is 13.9. The molecule has 0 aliphatic rings. The molecule has 214 valence electrons. The molecule has 0 unspecified atom stereocenters. The van der Waals surface area contributed by atoms with Gasteiger partial charge in [-0.05, 0) is 62.2 Å². The Hall–Kier alpha value is -3.27. The first kappa shape index (κ1) is 31.3. The number of benzene rings is 3. The molecule has 11 heteroatoms. The van der Waals surface area contributed by atoms with Crippen molar-refractivity contribution in [2.45, 2.75) is 50.7 Å². The summed E-state index contributed by atoms with van der Waals surface area (Å²) in [5, 5.41) is 3.63. The van der Waals surface area contributed by atoms with Crippen molar-refractivity contribution >= 4 is 50.7 Å². The maximum atomic E-state index is 14.0. The maximum absolute atomic E-state index is 14.0. The smallest absolute Gasteiger partial charge is 0.264 e. The molecular weight excluding hydrogens is 573 g/mol. The van der Waals surface area contributed by atoms with Crippen LogP contribution in [-0.4, -0.2) is 50.9 Å². The summed E-state index contributed by atoms with van der Waals surface area (Å²) < 4.78 is 34.2. The molecule has 3 aromatic carbocycles. The molecule has 0 saturated carbocycles. The molecule has 0 aliphatic heterocycles. The van der Waals surface area contributed by atoms with Crippen LogP contribution in [0.1, 0.15) is 32.8 Å². The number of hydrogen-bond acceptors (Lipinski definition) is 5. The fraction of sp³-hybridized carbons (Fsp3) is 0.310. The Morgan fingerprint density at radius 3 is 2.25 bits per heavy atom. The molecule has 2 amide bonds. The van der Waals surface area contributed by atoms with Gasteiger partial charge in [0, 0.05) is 22.6 Å². The van der Waals surface area contributed by atoms with E-state index in [0.717, 1.165) is 4.31 Å². The number of carbonyl (C=O) groups is 2. The molecule has 0 aliphatic carbocycles. The third-order valence-electron chi connectivity index (χ3n) is 6.49. The molecule has 0 radical (unpaired) electrons. The van der Waals surface area contributed by atoms with Crippen molar-refractivity contribution in [2.75, 3.05) is 18.0 Å². The highest BCUT2D eigenvalue weighted by atomic mass is 35.5. The van der Waals surface area contributed by atoms with Gasteiger partial charge < -0.3 is 15.0 Å². The Kier molecular flexibility index (Phi) is 10.8. The summed E-state index contributed by atoms with van der Waals surface area (Å²) in [6.45, 7) is 4.76. The standard InChI is InChI=1S/C29H33Cl2N3O5S/c1-5-20(2)32-29(36)21(3)33(18-22-15-16-23(30)17-25(22)31)28(35)19-34(26-13-9-10-14-27(26)39-4)40(37,38)24-11-7-6-8-12-24/h6-17,20-21H,5,18-19H2,1-4H3,(H,32,36)/t20-,21-/m1/s1. The summed E-state index contributed by atoms with van der Waals surface area (Å²) in [5.74, 6) is -0.713. The molecule has 0 fully saturated rings. The lowest BCUT2D eigenvalue weighted by molar-refractivity contribution is -0.139. The second-order valence-corrected chi connectivity index (χ2v) is 12.0. The van der Waals surface area contributed by atoms with E-state index in [-0.39, 0.29) is 34.8 Å². The average Bonchev–Trinajstić information content (AvgIpc) is 2.95. The molecule has 8 nitrogen and oxygen atoms in total. The first-order valence-electron chi connectivity index (χ1n) is 12.7. The van der Waals surface area contributed by atoms with Gasteiger partial charge in [0.1, 0.15) is 18.3 Å². The fourth-order valence-electron chi connectivity index (χ4n) is 3.95. The molecule has 0 spiro atoms. The summed E-state index contributed by atoms with van der Waals surface area (Å²) in [4.78, 5) is 28.5. The quantitative estimate of drug-likeness (QED) is 0.293. The lowest BCUT2D eigenvalue weighted by atomic mass is 10.1. The van der Waals surface area contributed by atoms with E-state index in [9.17, 15) is 18.0 Å². The van der Waals surface area contributed by atoms with Crippen LogP contribution in [0.15, 0.2) is 77.7 Å². The fourth-order valence-corrected chi connectivity index (χ4v) is 5.86. The summed E-state index contributed by atoms with van der Waals surface area (Å²) in [7, 11) is -2.79. The monoisotopic (exact) mass is 605 g/mol. The summed E-state index contributed by atoms with van der Waals surface area (Å²) in [6.07, 6.45) is 0.701. The van der Waals surface area contributed by atoms with E-state index in [1.54, 1.807) is 67.6 Å². The van der Waals surface area contributed by atoms with Crippen molar-refractivity contribution in [1.29, 1.82) is 0 Å². The lowest BCUT2D eigenvalue weighted by Gasteiger charge is -2.33. The molecular formula is C29H33Cl2N3O5S. The Labute approximate surface area is 245 Å². The zero-order chi connectivity index (χ0) is 29.4. The molecule has 0 bridgehead atoms. The molecule has 0 aromatic heterocycles. The number of nitrogens with one attached hydrogen (secondary N) is 1. The number of nitrogens with zero attached hydrogens (tertiary/aromatic N) is 2. The van der Waals surface area contributed by atoms with Crippen LogP contribution in [0, 0.1) is 0 Å². The Balaban J connectivity index is 2.07. The molecule has 3 aromatic rings. The highest BCUT2D eigenvalue weighted by molar-refractivity contribution is 7.92. The van der Waals surface area contributed by atoms with E-state index in [1.807, 2.05) is 13.8 Å². The third kappa shape index (κ3) is 7.47. The van der Waals surface area contributed by atoms with E-state index >= 15 is 0 Å². The number of carbonyl (C=O) groups excluding carboxylic acids is 2. The number of para-hydroxylation sites is 2. The minimum absolute atomic E-state index is 0.00330. The Morgan fingerprint density at radius 1 is 0.975 bits per heavy atom. The van der Waals surface area contributed by atoms with Crippen molar-refractivity contribution in [1.82, 2.24) is 10.2 Å². The van der Waals surface area contributed by atoms with Gasteiger partial charge in [0.2, 0.25) is 11.8 Å². The topological polar surface area (TPSA) is 96.0 Å². The number of sulfonamides is 1. The lowest BCUT2D eigenvalue weighted by Crippen LogP contribution is -2.52. The van der Waals surface area contributed by atoms with E-state index < -0.39 is 28.5 Å². The van der Waals surface area contributed by atoms with Gasteiger partial charge >= 0.3 is 0 Å². The molecule has 2 atom stereocenters. The van der Waals surface area contributed by atoms with Crippen LogP contribution in [0.3, 0.4) is 0 Å². The first-order chi connectivity index (χ1) is 19.0. The van der Waals surface area contributed by atoms with Crippen LogP contribution in [0.5, 0.6) is 5.75 Å². The van der Waals surface area contributed by atoms with Crippen molar-refractivity contribution in [3.05, 3.63) is 88.4 Å². The van der Waals surface area contributed by atoms with Crippen molar-refractivity contribution in [3.8, 4) is 5.75 Å². The van der Waals surface area contributed by atoms with Gasteiger partial charge in [-0.1, -0.05) is 66.5 Å². The van der Waals surface area contributed by atoms with Gasteiger partial charge in [0.05, 0.1) is 17.7 Å². The van der Waals surface area contributed by atoms with Crippen molar-refractivity contribution < 1.29 is 22.7 Å². The summed E-state index contributed by atoms with van der Waals surface area (Å²) >= 11 is 12.5. The Bertz CT molecular complexity index is 1440. The van der Waals surface area contributed by atoms with Gasteiger partial charge in [0.25, 0.3) is 10.0 Å². The third-order valence-corrected chi connectivity index (χ3v) is 8.85. The van der Waals surface area contributed by atoms with Crippen LogP contribution in [0.25, 0.3) is 0 Å². The number of anilines is 1. The average molecular weight is 607 g/mol. The SMILES string of the molecule is CC[C@@H](C)NC(=O)[C@@H](C)N(Cc1ccc(Cl)cc1Cl)C(=O)CN(c1ccccc1OC)S(=O)(=O)c1ccccc1. The largest absolute Gasteiger partial charge is 0.495 e. The van der Waals surface area contributed by atoms with Crippen LogP contribution in [0.4, 0.5) is 5.69 Å². The molecule has 0 heterocycles. The van der Waals surface area contributed by atoms with Crippen molar-refractivity contribution in [2.24, 2.45) is 0 Å². The van der Waals surface area contributed by atoms with Crippen LogP contribution in [-0.2, 0) is 26.2 Å². The van der Waals surface area contributed by atoms with E-state index in [1.165, 1.54) is 24.1 Å². The molecule has 3 rings (SSSR count). The Morgan fingerprint density at radius 2 is 1.62 bits per heavy atom. The van der Waals surface area contributed by atoms with E-state index in [0.29, 0.717) is 22.0 Å². The highest BCUT2D eigenvalue weighted by Gasteiger charge is 2.34. The molecule has 1 N–H and O–H groups in total. The number of methoxy groups -OCH3 is 1. The van der Waals surface area contributed by atoms with E-state index in [4.69, 9.17) is 27.9 Å². The predicted octanol–water partition coefficient (Wildman–Crippen LogP) is 5.53. The van der Waals surface area contributed by atoms with Crippen molar-refractivity contribution in [3.63, 3.8) is 0 Å². The van der Waals surface area contributed by atoms with Crippen LogP contribution >= 0.6 is 23.2 Å². The van der Waals surface area contributed by atoms with Gasteiger partial charge in [0.15, 0.2) is 0 Å². The van der Waals surface area contributed by atoms with Gasteiger partial charge in [-0.2, -0.15) is 0 Å². The molecule has 40 heavy (non-hydrogen) atoms. The van der Waals surface area contributed by atoms with Gasteiger partial charge in [-0.15, -0.1) is 0 Å². The normalized spacial score (nSPS) is 12.8. The summed E-state index contributed by atoms with van der Waals surface area (Å²) in [6, 6.07) is 18.1. The van der Waals surface area contributed by atoms with Gasteiger partial charge in [-0.3, -0.25) is 13.9 Å². The van der Waals surface area contributed by atoms with Crippen LogP contribution in [0.2, 0.25) is 10.0 Å². The summed E-state index contributed by atoms with van der Waals surface area (Å²) in [5.41, 5.74) is 0.737. The van der Waals surface area contributed by atoms with Crippen LogP contribution < -0.4 is 14.4 Å². The number of halogens is 2. The number of amides is 2. The first-order valence-corrected chi connectivity index (χ1v) is 14.9.